The quantitative estimate of drug-likeness (QED) is 0.893. The van der Waals surface area contributed by atoms with Gasteiger partial charge in [-0.2, -0.15) is 0 Å². The molecule has 1 saturated heterocycles. The van der Waals surface area contributed by atoms with Gasteiger partial charge in [-0.3, -0.25) is 4.79 Å². The SMILES string of the molecule is CC(C)NCc1cccc(F)c1N1CCNC(=O)C1(C)C. The summed E-state index contributed by atoms with van der Waals surface area (Å²) >= 11 is 0. The Morgan fingerprint density at radius 3 is 2.81 bits per heavy atom. The van der Waals surface area contributed by atoms with E-state index in [1.54, 1.807) is 6.07 Å². The number of halogens is 1. The molecule has 1 heterocycles. The number of amides is 1. The van der Waals surface area contributed by atoms with Crippen molar-refractivity contribution in [3.8, 4) is 0 Å². The highest BCUT2D eigenvalue weighted by atomic mass is 19.1. The number of hydrogen-bond acceptors (Lipinski definition) is 3. The second-order valence-electron chi connectivity index (χ2n) is 6.25. The van der Waals surface area contributed by atoms with Gasteiger partial charge in [0.15, 0.2) is 0 Å². The van der Waals surface area contributed by atoms with E-state index in [0.717, 1.165) is 5.56 Å². The van der Waals surface area contributed by atoms with Crippen LogP contribution in [0.2, 0.25) is 0 Å². The van der Waals surface area contributed by atoms with Crippen LogP contribution < -0.4 is 15.5 Å². The van der Waals surface area contributed by atoms with E-state index in [-0.39, 0.29) is 11.7 Å². The number of nitrogens with one attached hydrogen (secondary N) is 2. The highest BCUT2D eigenvalue weighted by molar-refractivity contribution is 5.90. The molecule has 0 unspecified atom stereocenters. The Labute approximate surface area is 125 Å². The zero-order chi connectivity index (χ0) is 15.6. The lowest BCUT2D eigenvalue weighted by molar-refractivity contribution is -0.126. The van der Waals surface area contributed by atoms with Crippen molar-refractivity contribution in [1.29, 1.82) is 0 Å². The molecule has 0 spiro atoms. The van der Waals surface area contributed by atoms with Crippen molar-refractivity contribution in [2.24, 2.45) is 0 Å². The molecule has 5 heteroatoms. The van der Waals surface area contributed by atoms with Crippen LogP contribution in [-0.2, 0) is 11.3 Å². The average Bonchev–Trinajstić information content (AvgIpc) is 2.40. The third-order valence-corrected chi connectivity index (χ3v) is 3.89. The molecule has 2 rings (SSSR count). The number of benzene rings is 1. The predicted molar refractivity (Wildman–Crippen MR) is 82.8 cm³/mol. The summed E-state index contributed by atoms with van der Waals surface area (Å²) in [5.41, 5.74) is 0.657. The fourth-order valence-corrected chi connectivity index (χ4v) is 2.61. The van der Waals surface area contributed by atoms with E-state index in [9.17, 15) is 9.18 Å². The summed E-state index contributed by atoms with van der Waals surface area (Å²) in [6.07, 6.45) is 0. The molecule has 1 aromatic carbocycles. The van der Waals surface area contributed by atoms with Gasteiger partial charge < -0.3 is 15.5 Å². The van der Waals surface area contributed by atoms with E-state index < -0.39 is 5.54 Å². The molecule has 0 saturated carbocycles. The van der Waals surface area contributed by atoms with Gasteiger partial charge in [-0.05, 0) is 25.5 Å². The van der Waals surface area contributed by atoms with E-state index in [2.05, 4.69) is 24.5 Å². The van der Waals surface area contributed by atoms with Crippen LogP contribution in [0.15, 0.2) is 18.2 Å². The first kappa shape index (κ1) is 15.8. The van der Waals surface area contributed by atoms with Gasteiger partial charge in [-0.25, -0.2) is 4.39 Å². The highest BCUT2D eigenvalue weighted by Gasteiger charge is 2.39. The minimum atomic E-state index is -0.757. The van der Waals surface area contributed by atoms with E-state index in [1.165, 1.54) is 6.07 Å². The third-order valence-electron chi connectivity index (χ3n) is 3.89. The summed E-state index contributed by atoms with van der Waals surface area (Å²) in [6.45, 7) is 9.48. The van der Waals surface area contributed by atoms with Crippen LogP contribution in [-0.4, -0.2) is 30.6 Å². The van der Waals surface area contributed by atoms with Gasteiger partial charge in [0.05, 0.1) is 5.69 Å². The van der Waals surface area contributed by atoms with E-state index in [1.807, 2.05) is 24.8 Å². The Kier molecular flexibility index (Phi) is 4.52. The van der Waals surface area contributed by atoms with Crippen LogP contribution in [0.3, 0.4) is 0 Å². The Hall–Kier alpha value is -1.62. The predicted octanol–water partition coefficient (Wildman–Crippen LogP) is 2.04. The molecule has 0 aromatic heterocycles. The number of nitrogens with zero attached hydrogens (tertiary/aromatic N) is 1. The van der Waals surface area contributed by atoms with Gasteiger partial charge >= 0.3 is 0 Å². The maximum atomic E-state index is 14.4. The van der Waals surface area contributed by atoms with Crippen molar-refractivity contribution in [3.63, 3.8) is 0 Å². The molecule has 0 radical (unpaired) electrons. The Morgan fingerprint density at radius 2 is 2.14 bits per heavy atom. The zero-order valence-electron chi connectivity index (χ0n) is 13.2. The molecule has 1 aromatic rings. The van der Waals surface area contributed by atoms with Gasteiger partial charge in [0.2, 0.25) is 5.91 Å². The lowest BCUT2D eigenvalue weighted by Crippen LogP contribution is -2.62. The molecule has 116 valence electrons. The fraction of sp³-hybridized carbons (Fsp3) is 0.562. The minimum absolute atomic E-state index is 0.0697. The summed E-state index contributed by atoms with van der Waals surface area (Å²) in [6, 6.07) is 5.40. The molecule has 0 aliphatic carbocycles. The van der Waals surface area contributed by atoms with Crippen molar-refractivity contribution in [3.05, 3.63) is 29.6 Å². The second kappa shape index (κ2) is 6.02. The van der Waals surface area contributed by atoms with Crippen LogP contribution in [0, 0.1) is 5.82 Å². The molecule has 0 bridgehead atoms. The van der Waals surface area contributed by atoms with E-state index >= 15 is 0 Å². The summed E-state index contributed by atoms with van der Waals surface area (Å²) in [7, 11) is 0. The Bertz CT molecular complexity index is 528. The summed E-state index contributed by atoms with van der Waals surface area (Å²) in [4.78, 5) is 14.0. The molecule has 2 N–H and O–H groups in total. The monoisotopic (exact) mass is 293 g/mol. The van der Waals surface area contributed by atoms with Crippen molar-refractivity contribution < 1.29 is 9.18 Å². The molecular weight excluding hydrogens is 269 g/mol. The van der Waals surface area contributed by atoms with Crippen molar-refractivity contribution in [2.75, 3.05) is 18.0 Å². The van der Waals surface area contributed by atoms with Gasteiger partial charge in [0.25, 0.3) is 0 Å². The largest absolute Gasteiger partial charge is 0.353 e. The second-order valence-corrected chi connectivity index (χ2v) is 6.25. The first-order chi connectivity index (χ1) is 9.84. The van der Waals surface area contributed by atoms with Gasteiger partial charge in [0, 0.05) is 25.7 Å². The van der Waals surface area contributed by atoms with E-state index in [4.69, 9.17) is 0 Å². The van der Waals surface area contributed by atoms with Crippen LogP contribution in [0.1, 0.15) is 33.3 Å². The Morgan fingerprint density at radius 1 is 1.43 bits per heavy atom. The number of hydrogen-bond donors (Lipinski definition) is 2. The minimum Gasteiger partial charge on any atom is -0.353 e. The highest BCUT2D eigenvalue weighted by Crippen LogP contribution is 2.31. The molecule has 1 fully saturated rings. The number of carbonyl (C=O) groups excluding carboxylic acids is 1. The smallest absolute Gasteiger partial charge is 0.245 e. The topological polar surface area (TPSA) is 44.4 Å². The van der Waals surface area contributed by atoms with Crippen LogP contribution in [0.4, 0.5) is 10.1 Å². The number of anilines is 1. The van der Waals surface area contributed by atoms with Gasteiger partial charge in [0.1, 0.15) is 11.4 Å². The maximum absolute atomic E-state index is 14.4. The maximum Gasteiger partial charge on any atom is 0.245 e. The number of piperazine rings is 1. The first-order valence-corrected chi connectivity index (χ1v) is 7.40. The molecule has 0 atom stereocenters. The van der Waals surface area contributed by atoms with Crippen LogP contribution in [0.5, 0.6) is 0 Å². The van der Waals surface area contributed by atoms with Gasteiger partial charge in [-0.1, -0.05) is 26.0 Å². The summed E-state index contributed by atoms with van der Waals surface area (Å²) in [5, 5.41) is 6.16. The van der Waals surface area contributed by atoms with Crippen LogP contribution >= 0.6 is 0 Å². The number of para-hydroxylation sites is 1. The average molecular weight is 293 g/mol. The van der Waals surface area contributed by atoms with Crippen molar-refractivity contribution in [2.45, 2.75) is 45.8 Å². The molecule has 21 heavy (non-hydrogen) atoms. The van der Waals surface area contributed by atoms with Crippen molar-refractivity contribution in [1.82, 2.24) is 10.6 Å². The zero-order valence-corrected chi connectivity index (χ0v) is 13.2. The standard InChI is InChI=1S/C16H24FN3O/c1-11(2)19-10-12-6-5-7-13(17)14(12)20-9-8-18-15(21)16(20,3)4/h5-7,11,19H,8-10H2,1-4H3,(H,18,21). The van der Waals surface area contributed by atoms with Crippen molar-refractivity contribution >= 4 is 11.6 Å². The Balaban J connectivity index is 2.39. The third kappa shape index (κ3) is 3.18. The van der Waals surface area contributed by atoms with Gasteiger partial charge in [-0.15, -0.1) is 0 Å². The molecule has 4 nitrogen and oxygen atoms in total. The summed E-state index contributed by atoms with van der Waals surface area (Å²) in [5.74, 6) is -0.347. The molecule has 1 amide bonds. The fourth-order valence-electron chi connectivity index (χ4n) is 2.61. The molecule has 1 aliphatic rings. The first-order valence-electron chi connectivity index (χ1n) is 7.40. The molecule has 1 aliphatic heterocycles. The lowest BCUT2D eigenvalue weighted by Gasteiger charge is -2.43. The number of rotatable bonds is 4. The van der Waals surface area contributed by atoms with Crippen LogP contribution in [0.25, 0.3) is 0 Å². The normalized spacial score (nSPS) is 18.0. The van der Waals surface area contributed by atoms with E-state index in [0.29, 0.717) is 31.4 Å². The lowest BCUT2D eigenvalue weighted by atomic mass is 9.96. The molecular formula is C16H24FN3O. The summed E-state index contributed by atoms with van der Waals surface area (Å²) < 4.78 is 14.4. The number of carbonyl (C=O) groups is 1.